The van der Waals surface area contributed by atoms with Gasteiger partial charge in [-0.05, 0) is 6.42 Å². The van der Waals surface area contributed by atoms with Crippen LogP contribution in [0.4, 0.5) is 0 Å². The molecule has 6 atom stereocenters. The van der Waals surface area contributed by atoms with Crippen LogP contribution < -0.4 is 0 Å². The maximum atomic E-state index is 12.1. The molecule has 0 aromatic carbocycles. The van der Waals surface area contributed by atoms with Crippen LogP contribution in [-0.2, 0) is 57.0 Å². The molecule has 0 bridgehead atoms. The molecule has 35 heavy (non-hydrogen) atoms. The zero-order valence-electron chi connectivity index (χ0n) is 20.0. The van der Waals surface area contributed by atoms with Gasteiger partial charge in [-0.15, -0.1) is 0 Å². The summed E-state index contributed by atoms with van der Waals surface area (Å²) >= 11 is 0. The summed E-state index contributed by atoms with van der Waals surface area (Å²) in [5.41, 5.74) is 0. The van der Waals surface area contributed by atoms with Crippen LogP contribution in [0.25, 0.3) is 0 Å². The average molecular weight is 505 g/mol. The summed E-state index contributed by atoms with van der Waals surface area (Å²) in [5, 5.41) is 0. The summed E-state index contributed by atoms with van der Waals surface area (Å²) in [6, 6.07) is 0. The Hall–Kier alpha value is -1.38. The van der Waals surface area contributed by atoms with E-state index in [4.69, 9.17) is 47.4 Å². The maximum absolute atomic E-state index is 12.1. The van der Waals surface area contributed by atoms with E-state index in [1.807, 2.05) is 0 Å². The minimum absolute atomic E-state index is 0.0805. The van der Waals surface area contributed by atoms with E-state index in [1.54, 1.807) is 0 Å². The summed E-state index contributed by atoms with van der Waals surface area (Å²) in [7, 11) is 0. The molecule has 0 spiro atoms. The molecule has 4 rings (SSSR count). The second-order valence-electron chi connectivity index (χ2n) is 9.03. The SMILES string of the molecule is O=C(CCCC(=O)OCC(COCC1CO1)OCC1CO1)OCC(COCC1CO1)OCC1CO1. The molecule has 6 unspecified atom stereocenters. The standard InChI is InChI=1S/C23H36O12/c24-22(34-14-18(30-10-20-12-32-20)6-26-4-16-8-28-16)2-1-3-23(25)35-15-19(31-11-21-13-33-21)7-27-5-17-9-29-17/h16-21H,1-15H2. The summed E-state index contributed by atoms with van der Waals surface area (Å²) in [4.78, 5) is 24.2. The Morgan fingerprint density at radius 3 is 1.34 bits per heavy atom. The molecule has 200 valence electrons. The van der Waals surface area contributed by atoms with Gasteiger partial charge in [0.1, 0.15) is 49.8 Å². The fourth-order valence-electron chi connectivity index (χ4n) is 2.99. The lowest BCUT2D eigenvalue weighted by molar-refractivity contribution is -0.152. The Balaban J connectivity index is 1.04. The Kier molecular flexibility index (Phi) is 11.0. The van der Waals surface area contributed by atoms with Gasteiger partial charge in [-0.1, -0.05) is 0 Å². The van der Waals surface area contributed by atoms with Crippen molar-refractivity contribution in [2.75, 3.05) is 79.3 Å². The highest BCUT2D eigenvalue weighted by atomic mass is 16.6. The topological polar surface area (TPSA) is 140 Å². The third-order valence-electron chi connectivity index (χ3n) is 5.48. The molecular weight excluding hydrogens is 468 g/mol. The average Bonchev–Trinajstić information content (AvgIpc) is 3.68. The van der Waals surface area contributed by atoms with Gasteiger partial charge in [0.2, 0.25) is 0 Å². The second-order valence-corrected chi connectivity index (χ2v) is 9.03. The number of hydrogen-bond donors (Lipinski definition) is 0. The highest BCUT2D eigenvalue weighted by molar-refractivity contribution is 5.72. The quantitative estimate of drug-likeness (QED) is 0.140. The second kappa shape index (κ2) is 14.4. The monoisotopic (exact) mass is 504 g/mol. The van der Waals surface area contributed by atoms with Crippen LogP contribution in [0.3, 0.4) is 0 Å². The smallest absolute Gasteiger partial charge is 0.305 e. The molecule has 12 nitrogen and oxygen atoms in total. The lowest BCUT2D eigenvalue weighted by Gasteiger charge is -2.18. The zero-order valence-corrected chi connectivity index (χ0v) is 20.0. The van der Waals surface area contributed by atoms with Crippen LogP contribution in [0.15, 0.2) is 0 Å². The fraction of sp³-hybridized carbons (Fsp3) is 0.913. The number of carbonyl (C=O) groups excluding carboxylic acids is 2. The number of carbonyl (C=O) groups is 2. The molecule has 0 aliphatic carbocycles. The number of hydrogen-bond acceptors (Lipinski definition) is 12. The highest BCUT2D eigenvalue weighted by Gasteiger charge is 2.28. The van der Waals surface area contributed by atoms with Crippen molar-refractivity contribution >= 4 is 11.9 Å². The molecule has 4 fully saturated rings. The van der Waals surface area contributed by atoms with Crippen molar-refractivity contribution in [2.24, 2.45) is 0 Å². The van der Waals surface area contributed by atoms with Crippen molar-refractivity contribution in [3.63, 3.8) is 0 Å². The number of esters is 2. The van der Waals surface area contributed by atoms with Crippen molar-refractivity contribution < 1.29 is 57.0 Å². The molecule has 0 aromatic heterocycles. The van der Waals surface area contributed by atoms with E-state index in [1.165, 1.54) is 0 Å². The van der Waals surface area contributed by atoms with E-state index in [9.17, 15) is 9.59 Å². The van der Waals surface area contributed by atoms with E-state index in [2.05, 4.69) is 0 Å². The normalized spacial score (nSPS) is 27.7. The van der Waals surface area contributed by atoms with E-state index in [0.29, 0.717) is 72.5 Å². The molecule has 0 saturated carbocycles. The predicted molar refractivity (Wildman–Crippen MR) is 116 cm³/mol. The Morgan fingerprint density at radius 1 is 0.600 bits per heavy atom. The maximum Gasteiger partial charge on any atom is 0.305 e. The van der Waals surface area contributed by atoms with Crippen molar-refractivity contribution in [3.05, 3.63) is 0 Å². The summed E-state index contributed by atoms with van der Waals surface area (Å²) in [6.45, 7) is 5.44. The van der Waals surface area contributed by atoms with Crippen LogP contribution in [0.5, 0.6) is 0 Å². The van der Waals surface area contributed by atoms with Gasteiger partial charge in [0.15, 0.2) is 0 Å². The van der Waals surface area contributed by atoms with Crippen molar-refractivity contribution in [2.45, 2.75) is 55.9 Å². The predicted octanol–water partition coefficient (Wildman–Crippen LogP) is -0.358. The first-order valence-corrected chi connectivity index (χ1v) is 12.3. The highest BCUT2D eigenvalue weighted by Crippen LogP contribution is 2.14. The van der Waals surface area contributed by atoms with Gasteiger partial charge in [-0.2, -0.15) is 0 Å². The molecule has 4 heterocycles. The van der Waals surface area contributed by atoms with E-state index < -0.39 is 11.9 Å². The number of ether oxygens (including phenoxy) is 10. The first kappa shape index (κ1) is 26.7. The first-order chi connectivity index (χ1) is 17.1. The summed E-state index contributed by atoms with van der Waals surface area (Å²) in [6.07, 6.45) is 0.311. The first-order valence-electron chi connectivity index (χ1n) is 12.3. The zero-order chi connectivity index (χ0) is 24.3. The van der Waals surface area contributed by atoms with Gasteiger partial charge in [0, 0.05) is 12.8 Å². The lowest BCUT2D eigenvalue weighted by atomic mass is 10.2. The third-order valence-corrected chi connectivity index (χ3v) is 5.48. The van der Waals surface area contributed by atoms with E-state index in [-0.39, 0.29) is 62.7 Å². The third kappa shape index (κ3) is 12.9. The van der Waals surface area contributed by atoms with Crippen LogP contribution in [0, 0.1) is 0 Å². The fourth-order valence-corrected chi connectivity index (χ4v) is 2.99. The molecule has 0 radical (unpaired) electrons. The number of epoxide rings is 4. The summed E-state index contributed by atoms with van der Waals surface area (Å²) < 4.78 is 53.7. The molecule has 12 heteroatoms. The van der Waals surface area contributed by atoms with Gasteiger partial charge in [0.05, 0.1) is 66.1 Å². The molecule has 4 aliphatic heterocycles. The van der Waals surface area contributed by atoms with Gasteiger partial charge in [0.25, 0.3) is 0 Å². The minimum atomic E-state index is -0.402. The van der Waals surface area contributed by atoms with Crippen LogP contribution >= 0.6 is 0 Å². The van der Waals surface area contributed by atoms with Crippen molar-refractivity contribution in [3.8, 4) is 0 Å². The van der Waals surface area contributed by atoms with Gasteiger partial charge in [-0.3, -0.25) is 9.59 Å². The number of rotatable bonds is 22. The molecule has 0 aromatic rings. The van der Waals surface area contributed by atoms with Crippen molar-refractivity contribution in [1.82, 2.24) is 0 Å². The molecule has 0 amide bonds. The minimum Gasteiger partial charge on any atom is -0.463 e. The lowest BCUT2D eigenvalue weighted by Crippen LogP contribution is -2.29. The molecule has 4 saturated heterocycles. The molecule has 4 aliphatic rings. The van der Waals surface area contributed by atoms with Crippen molar-refractivity contribution in [1.29, 1.82) is 0 Å². The largest absolute Gasteiger partial charge is 0.463 e. The summed E-state index contributed by atoms with van der Waals surface area (Å²) in [5.74, 6) is -0.804. The van der Waals surface area contributed by atoms with Crippen LogP contribution in [0.1, 0.15) is 19.3 Å². The van der Waals surface area contributed by atoms with Gasteiger partial charge in [-0.25, -0.2) is 0 Å². The van der Waals surface area contributed by atoms with Gasteiger partial charge < -0.3 is 47.4 Å². The van der Waals surface area contributed by atoms with E-state index in [0.717, 1.165) is 0 Å². The van der Waals surface area contributed by atoms with E-state index >= 15 is 0 Å². The Morgan fingerprint density at radius 2 is 0.971 bits per heavy atom. The van der Waals surface area contributed by atoms with Gasteiger partial charge >= 0.3 is 11.9 Å². The molecular formula is C23H36O12. The van der Waals surface area contributed by atoms with Crippen LogP contribution in [0.2, 0.25) is 0 Å². The Bertz CT molecular complexity index is 590. The molecule has 0 N–H and O–H groups in total. The Labute approximate surface area is 204 Å². The van der Waals surface area contributed by atoms with Crippen LogP contribution in [-0.4, -0.2) is 128 Å².